The average Bonchev–Trinajstić information content (AvgIpc) is 2.99. The van der Waals surface area contributed by atoms with E-state index in [1.54, 1.807) is 11.1 Å². The van der Waals surface area contributed by atoms with Crippen molar-refractivity contribution in [3.8, 4) is 11.1 Å². The summed E-state index contributed by atoms with van der Waals surface area (Å²) in [6, 6.07) is 19.1. The van der Waals surface area contributed by atoms with E-state index in [1.807, 2.05) is 60.7 Å². The Hall–Kier alpha value is -3.47. The Balaban J connectivity index is 1.87. The Labute approximate surface area is 151 Å². The molecule has 0 spiro atoms. The zero-order valence-corrected chi connectivity index (χ0v) is 14.3. The van der Waals surface area contributed by atoms with Crippen molar-refractivity contribution >= 4 is 23.3 Å². The molecule has 2 heterocycles. The zero-order chi connectivity index (χ0) is 18.1. The lowest BCUT2D eigenvalue weighted by Crippen LogP contribution is -2.24. The maximum atomic E-state index is 12.9. The van der Waals surface area contributed by atoms with Gasteiger partial charge in [0, 0.05) is 24.2 Å². The first-order valence-corrected chi connectivity index (χ1v) is 8.37. The lowest BCUT2D eigenvalue weighted by Gasteiger charge is -2.22. The van der Waals surface area contributed by atoms with Crippen molar-refractivity contribution in [2.24, 2.45) is 0 Å². The van der Waals surface area contributed by atoms with Crippen LogP contribution in [0.5, 0.6) is 0 Å². The van der Waals surface area contributed by atoms with Crippen LogP contribution in [0, 0.1) is 0 Å². The van der Waals surface area contributed by atoms with Gasteiger partial charge in [-0.2, -0.15) is 0 Å². The van der Waals surface area contributed by atoms with Crippen LogP contribution in [0.15, 0.2) is 66.9 Å². The highest BCUT2D eigenvalue weighted by molar-refractivity contribution is 6.12. The molecule has 0 fully saturated rings. The van der Waals surface area contributed by atoms with E-state index in [0.717, 1.165) is 22.4 Å². The van der Waals surface area contributed by atoms with Crippen molar-refractivity contribution in [2.75, 3.05) is 10.2 Å². The minimum Gasteiger partial charge on any atom is -0.310 e. The van der Waals surface area contributed by atoms with Crippen LogP contribution in [0.3, 0.4) is 0 Å². The van der Waals surface area contributed by atoms with Crippen LogP contribution >= 0.6 is 0 Å². The van der Waals surface area contributed by atoms with E-state index < -0.39 is 0 Å². The van der Waals surface area contributed by atoms with Gasteiger partial charge in [-0.05, 0) is 23.3 Å². The summed E-state index contributed by atoms with van der Waals surface area (Å²) in [6.45, 7) is 1.94. The molecule has 3 aromatic rings. The smallest absolute Gasteiger partial charge is 0.258 e. The topological polar surface area (TPSA) is 62.3 Å². The van der Waals surface area contributed by atoms with Gasteiger partial charge in [-0.3, -0.25) is 9.59 Å². The predicted octanol–water partition coefficient (Wildman–Crippen LogP) is 3.87. The van der Waals surface area contributed by atoms with Gasteiger partial charge in [0.1, 0.15) is 5.82 Å². The number of amides is 2. The number of anilines is 2. The van der Waals surface area contributed by atoms with E-state index >= 15 is 0 Å². The predicted molar refractivity (Wildman–Crippen MR) is 101 cm³/mol. The molecule has 1 aliphatic rings. The Morgan fingerprint density at radius 3 is 2.50 bits per heavy atom. The number of aromatic nitrogens is 1. The van der Waals surface area contributed by atoms with Gasteiger partial charge in [0.25, 0.3) is 5.91 Å². The molecule has 1 N–H and O–H groups in total. The molecule has 0 aliphatic carbocycles. The van der Waals surface area contributed by atoms with Crippen molar-refractivity contribution in [3.63, 3.8) is 0 Å². The maximum Gasteiger partial charge on any atom is 0.258 e. The molecule has 4 rings (SSSR count). The van der Waals surface area contributed by atoms with Crippen molar-refractivity contribution in [1.29, 1.82) is 0 Å². The molecule has 0 radical (unpaired) electrons. The average molecular weight is 343 g/mol. The molecule has 5 nitrogen and oxygen atoms in total. The summed E-state index contributed by atoms with van der Waals surface area (Å²) in [5.74, 6) is 0.200. The van der Waals surface area contributed by atoms with Crippen molar-refractivity contribution < 1.29 is 9.59 Å². The number of fused-ring (bicyclic) bond motifs is 1. The van der Waals surface area contributed by atoms with Crippen LogP contribution in [0.1, 0.15) is 22.8 Å². The first kappa shape index (κ1) is 16.0. The molecule has 128 valence electrons. The molecule has 26 heavy (non-hydrogen) atoms. The Morgan fingerprint density at radius 1 is 1.04 bits per heavy atom. The second kappa shape index (κ2) is 6.44. The van der Waals surface area contributed by atoms with Gasteiger partial charge in [-0.1, -0.05) is 48.5 Å². The third kappa shape index (κ3) is 2.73. The third-order valence-corrected chi connectivity index (χ3v) is 4.40. The lowest BCUT2D eigenvalue weighted by atomic mass is 10.0. The molecule has 0 atom stereocenters. The summed E-state index contributed by atoms with van der Waals surface area (Å²) in [7, 11) is 0. The second-order valence-corrected chi connectivity index (χ2v) is 6.15. The summed E-state index contributed by atoms with van der Waals surface area (Å²) < 4.78 is 0. The van der Waals surface area contributed by atoms with Crippen LogP contribution in [-0.2, 0) is 11.3 Å². The van der Waals surface area contributed by atoms with Gasteiger partial charge in [0.2, 0.25) is 5.91 Å². The van der Waals surface area contributed by atoms with Crippen LogP contribution in [0.4, 0.5) is 11.5 Å². The molecule has 0 unspecified atom stereocenters. The van der Waals surface area contributed by atoms with E-state index in [-0.39, 0.29) is 11.8 Å². The number of benzene rings is 2. The fourth-order valence-corrected chi connectivity index (χ4v) is 3.28. The first-order chi connectivity index (χ1) is 12.6. The first-order valence-electron chi connectivity index (χ1n) is 8.37. The number of carbonyl (C=O) groups excluding carboxylic acids is 2. The molecule has 0 bridgehead atoms. The number of pyridine rings is 1. The Kier molecular flexibility index (Phi) is 3.97. The summed E-state index contributed by atoms with van der Waals surface area (Å²) in [5, 5.41) is 2.78. The van der Waals surface area contributed by atoms with Crippen LogP contribution < -0.4 is 10.2 Å². The molecular weight excluding hydrogens is 326 g/mol. The number of hydrogen-bond acceptors (Lipinski definition) is 3. The molecule has 2 aromatic carbocycles. The highest BCUT2D eigenvalue weighted by Crippen LogP contribution is 2.39. The minimum absolute atomic E-state index is 0.0437. The fourth-order valence-electron chi connectivity index (χ4n) is 3.28. The second-order valence-electron chi connectivity index (χ2n) is 6.15. The van der Waals surface area contributed by atoms with Crippen molar-refractivity contribution in [3.05, 3.63) is 78.0 Å². The summed E-state index contributed by atoms with van der Waals surface area (Å²) >= 11 is 0. The molecule has 0 saturated heterocycles. The molecule has 0 saturated carbocycles. The molecule has 5 heteroatoms. The Morgan fingerprint density at radius 2 is 1.77 bits per heavy atom. The zero-order valence-electron chi connectivity index (χ0n) is 14.3. The van der Waals surface area contributed by atoms with Gasteiger partial charge in [0.05, 0.1) is 12.2 Å². The summed E-state index contributed by atoms with van der Waals surface area (Å²) in [5.41, 5.74) is 4.07. The number of rotatable bonds is 3. The van der Waals surface area contributed by atoms with E-state index in [4.69, 9.17) is 0 Å². The number of carbonyl (C=O) groups is 2. The fraction of sp³-hybridized carbons (Fsp3) is 0.0952. The molecule has 1 aromatic heterocycles. The van der Waals surface area contributed by atoms with Gasteiger partial charge < -0.3 is 10.2 Å². The van der Waals surface area contributed by atoms with E-state index in [0.29, 0.717) is 17.9 Å². The number of nitrogens with zero attached hydrogens (tertiary/aromatic N) is 2. The monoisotopic (exact) mass is 343 g/mol. The Bertz CT molecular complexity index is 999. The third-order valence-electron chi connectivity index (χ3n) is 4.40. The standard InChI is InChI=1S/C21H17N3O2/c1-14(25)23-20-19(15-7-3-2-4-8-15)18(11-12-22-20)24-13-16-9-5-6-10-17(16)21(24)26/h2-12H,13H2,1H3,(H,22,23,25). The van der Waals surface area contributed by atoms with Gasteiger partial charge in [-0.25, -0.2) is 4.98 Å². The van der Waals surface area contributed by atoms with Crippen molar-refractivity contribution in [2.45, 2.75) is 13.5 Å². The normalized spacial score (nSPS) is 12.8. The lowest BCUT2D eigenvalue weighted by molar-refractivity contribution is -0.114. The molecular formula is C21H17N3O2. The van der Waals surface area contributed by atoms with E-state index in [9.17, 15) is 9.59 Å². The summed E-state index contributed by atoms with van der Waals surface area (Å²) in [6.07, 6.45) is 1.61. The quantitative estimate of drug-likeness (QED) is 0.785. The molecule has 1 aliphatic heterocycles. The van der Waals surface area contributed by atoms with Crippen LogP contribution in [0.2, 0.25) is 0 Å². The van der Waals surface area contributed by atoms with Crippen LogP contribution in [-0.4, -0.2) is 16.8 Å². The largest absolute Gasteiger partial charge is 0.310 e. The highest BCUT2D eigenvalue weighted by Gasteiger charge is 2.30. The summed E-state index contributed by atoms with van der Waals surface area (Å²) in [4.78, 5) is 30.6. The van der Waals surface area contributed by atoms with Gasteiger partial charge >= 0.3 is 0 Å². The highest BCUT2D eigenvalue weighted by atomic mass is 16.2. The van der Waals surface area contributed by atoms with Crippen molar-refractivity contribution in [1.82, 2.24) is 4.98 Å². The van der Waals surface area contributed by atoms with Gasteiger partial charge in [-0.15, -0.1) is 0 Å². The minimum atomic E-state index is -0.206. The number of nitrogens with one attached hydrogen (secondary N) is 1. The van der Waals surface area contributed by atoms with E-state index in [2.05, 4.69) is 10.3 Å². The van der Waals surface area contributed by atoms with Gasteiger partial charge in [0.15, 0.2) is 0 Å². The SMILES string of the molecule is CC(=O)Nc1nccc(N2Cc3ccccc3C2=O)c1-c1ccccc1. The van der Waals surface area contributed by atoms with E-state index in [1.165, 1.54) is 6.92 Å². The molecule has 2 amide bonds. The number of hydrogen-bond donors (Lipinski definition) is 1. The van der Waals surface area contributed by atoms with Crippen LogP contribution in [0.25, 0.3) is 11.1 Å². The maximum absolute atomic E-state index is 12.9.